The molecule has 98 valence electrons. The number of nitriles is 1. The van der Waals surface area contributed by atoms with E-state index in [-0.39, 0.29) is 18.2 Å². The van der Waals surface area contributed by atoms with Gasteiger partial charge in [0.15, 0.2) is 0 Å². The zero-order chi connectivity index (χ0) is 13.8. The number of hydrogen-bond acceptors (Lipinski definition) is 2. The third-order valence-corrected chi connectivity index (χ3v) is 2.90. The van der Waals surface area contributed by atoms with Crippen LogP contribution in [0.25, 0.3) is 6.08 Å². The first-order valence-corrected chi connectivity index (χ1v) is 5.93. The highest BCUT2D eigenvalue weighted by Crippen LogP contribution is 2.26. The largest absolute Gasteiger partial charge is 0.323 e. The van der Waals surface area contributed by atoms with Gasteiger partial charge in [0.25, 0.3) is 0 Å². The van der Waals surface area contributed by atoms with Crippen molar-refractivity contribution in [3.63, 3.8) is 0 Å². The molecular weight excluding hydrogens is 250 g/mol. The lowest BCUT2D eigenvalue weighted by molar-refractivity contribution is -0.125. The summed E-state index contributed by atoms with van der Waals surface area (Å²) < 4.78 is 26.7. The average molecular weight is 262 g/mol. The Labute approximate surface area is 109 Å². The summed E-state index contributed by atoms with van der Waals surface area (Å²) in [6.45, 7) is -0.00636. The molecule has 0 aliphatic heterocycles. The molecule has 1 aliphatic rings. The molecular formula is C14H12F2N2O. The summed E-state index contributed by atoms with van der Waals surface area (Å²) in [4.78, 5) is 13.3. The van der Waals surface area contributed by atoms with E-state index in [9.17, 15) is 13.6 Å². The molecule has 1 amide bonds. The van der Waals surface area contributed by atoms with E-state index in [4.69, 9.17) is 5.26 Å². The third-order valence-electron chi connectivity index (χ3n) is 2.90. The highest BCUT2D eigenvalue weighted by atomic mass is 19.1. The van der Waals surface area contributed by atoms with Gasteiger partial charge >= 0.3 is 0 Å². The smallest absolute Gasteiger partial charge is 0.247 e. The number of amides is 1. The predicted molar refractivity (Wildman–Crippen MR) is 65.7 cm³/mol. The molecule has 2 rings (SSSR count). The topological polar surface area (TPSA) is 44.1 Å². The Bertz CT molecular complexity index is 539. The van der Waals surface area contributed by atoms with E-state index in [1.807, 2.05) is 6.07 Å². The summed E-state index contributed by atoms with van der Waals surface area (Å²) in [5, 5.41) is 8.65. The first-order valence-electron chi connectivity index (χ1n) is 5.93. The standard InChI is InChI=1S/C14H12F2N2O/c15-12-2-1-3-13(16)11(12)6-7-14(19)18(9-8-17)10-4-5-10/h1-3,6-7,10H,4-5,9H2/b7-6+. The van der Waals surface area contributed by atoms with Gasteiger partial charge in [0.05, 0.1) is 6.07 Å². The first kappa shape index (κ1) is 13.2. The highest BCUT2D eigenvalue weighted by Gasteiger charge is 2.31. The van der Waals surface area contributed by atoms with Gasteiger partial charge in [-0.3, -0.25) is 4.79 Å². The van der Waals surface area contributed by atoms with Crippen LogP contribution in [0.4, 0.5) is 8.78 Å². The van der Waals surface area contributed by atoms with Crippen LogP contribution >= 0.6 is 0 Å². The minimum absolute atomic E-state index is 0.00636. The number of rotatable bonds is 4. The van der Waals surface area contributed by atoms with Gasteiger partial charge < -0.3 is 4.90 Å². The fourth-order valence-corrected chi connectivity index (χ4v) is 1.77. The average Bonchev–Trinajstić information content (AvgIpc) is 3.19. The fourth-order valence-electron chi connectivity index (χ4n) is 1.77. The van der Waals surface area contributed by atoms with Crippen LogP contribution in [-0.2, 0) is 4.79 Å². The molecule has 0 N–H and O–H groups in total. The number of nitrogens with zero attached hydrogens (tertiary/aromatic N) is 2. The van der Waals surface area contributed by atoms with Gasteiger partial charge in [-0.2, -0.15) is 5.26 Å². The molecule has 1 saturated carbocycles. The molecule has 3 nitrogen and oxygen atoms in total. The molecule has 0 saturated heterocycles. The first-order chi connectivity index (χ1) is 9.13. The monoisotopic (exact) mass is 262 g/mol. The van der Waals surface area contributed by atoms with Crippen LogP contribution in [0.3, 0.4) is 0 Å². The Morgan fingerprint density at radius 2 is 2.05 bits per heavy atom. The van der Waals surface area contributed by atoms with Crippen molar-refractivity contribution >= 4 is 12.0 Å². The Morgan fingerprint density at radius 1 is 1.42 bits per heavy atom. The lowest BCUT2D eigenvalue weighted by Crippen LogP contribution is -2.31. The minimum atomic E-state index is -0.720. The van der Waals surface area contributed by atoms with E-state index < -0.39 is 17.5 Å². The van der Waals surface area contributed by atoms with E-state index in [0.29, 0.717) is 0 Å². The maximum Gasteiger partial charge on any atom is 0.247 e. The van der Waals surface area contributed by atoms with Crippen LogP contribution in [0.5, 0.6) is 0 Å². The van der Waals surface area contributed by atoms with Crippen molar-refractivity contribution in [1.82, 2.24) is 4.90 Å². The SMILES string of the molecule is N#CCN(C(=O)/C=C/c1c(F)cccc1F)C1CC1. The summed E-state index contributed by atoms with van der Waals surface area (Å²) >= 11 is 0. The summed E-state index contributed by atoms with van der Waals surface area (Å²) in [7, 11) is 0. The van der Waals surface area contributed by atoms with Crippen LogP contribution in [0.15, 0.2) is 24.3 Å². The number of hydrogen-bond donors (Lipinski definition) is 0. The van der Waals surface area contributed by atoms with Gasteiger partial charge in [0.1, 0.15) is 18.2 Å². The van der Waals surface area contributed by atoms with Crippen molar-refractivity contribution in [3.05, 3.63) is 41.5 Å². The molecule has 0 heterocycles. The molecule has 0 spiro atoms. The van der Waals surface area contributed by atoms with Gasteiger partial charge in [-0.25, -0.2) is 8.78 Å². The molecule has 5 heteroatoms. The zero-order valence-corrected chi connectivity index (χ0v) is 10.1. The Morgan fingerprint density at radius 3 is 2.58 bits per heavy atom. The van der Waals surface area contributed by atoms with Crippen LogP contribution in [0.1, 0.15) is 18.4 Å². The number of carbonyl (C=O) groups excluding carboxylic acids is 1. The summed E-state index contributed by atoms with van der Waals surface area (Å²) in [6.07, 6.45) is 3.96. The highest BCUT2D eigenvalue weighted by molar-refractivity contribution is 5.92. The van der Waals surface area contributed by atoms with Crippen molar-refractivity contribution in [2.75, 3.05) is 6.54 Å². The van der Waals surface area contributed by atoms with E-state index >= 15 is 0 Å². The van der Waals surface area contributed by atoms with E-state index in [1.54, 1.807) is 0 Å². The summed E-state index contributed by atoms with van der Waals surface area (Å²) in [5.74, 6) is -1.84. The van der Waals surface area contributed by atoms with Gasteiger partial charge in [0.2, 0.25) is 5.91 Å². The number of carbonyl (C=O) groups is 1. The lowest BCUT2D eigenvalue weighted by atomic mass is 10.2. The van der Waals surface area contributed by atoms with Gasteiger partial charge in [0, 0.05) is 17.7 Å². The third kappa shape index (κ3) is 3.16. The molecule has 1 aromatic rings. The van der Waals surface area contributed by atoms with Crippen molar-refractivity contribution in [3.8, 4) is 6.07 Å². The van der Waals surface area contributed by atoms with Crippen LogP contribution in [-0.4, -0.2) is 23.4 Å². The summed E-state index contributed by atoms with van der Waals surface area (Å²) in [6, 6.07) is 5.51. The normalized spacial score (nSPS) is 14.4. The minimum Gasteiger partial charge on any atom is -0.323 e. The molecule has 0 radical (unpaired) electrons. The van der Waals surface area contributed by atoms with Crippen molar-refractivity contribution in [2.24, 2.45) is 0 Å². The molecule has 0 unspecified atom stereocenters. The Balaban J connectivity index is 2.13. The van der Waals surface area contributed by atoms with E-state index in [1.165, 1.54) is 11.0 Å². The number of benzene rings is 1. The second-order valence-electron chi connectivity index (χ2n) is 4.32. The van der Waals surface area contributed by atoms with Crippen molar-refractivity contribution in [1.29, 1.82) is 5.26 Å². The van der Waals surface area contributed by atoms with Crippen molar-refractivity contribution in [2.45, 2.75) is 18.9 Å². The van der Waals surface area contributed by atoms with Crippen LogP contribution in [0, 0.1) is 23.0 Å². The van der Waals surface area contributed by atoms with E-state index in [2.05, 4.69) is 0 Å². The van der Waals surface area contributed by atoms with Crippen LogP contribution < -0.4 is 0 Å². The zero-order valence-electron chi connectivity index (χ0n) is 10.1. The molecule has 0 atom stereocenters. The second kappa shape index (κ2) is 5.61. The quantitative estimate of drug-likeness (QED) is 0.618. The molecule has 1 fully saturated rings. The van der Waals surface area contributed by atoms with Gasteiger partial charge in [-0.05, 0) is 31.1 Å². The second-order valence-corrected chi connectivity index (χ2v) is 4.32. The van der Waals surface area contributed by atoms with Crippen molar-refractivity contribution < 1.29 is 13.6 Å². The lowest BCUT2D eigenvalue weighted by Gasteiger charge is -2.16. The van der Waals surface area contributed by atoms with Crippen LogP contribution in [0.2, 0.25) is 0 Å². The number of halogens is 2. The Kier molecular flexibility index (Phi) is 3.91. The molecule has 0 bridgehead atoms. The maximum atomic E-state index is 13.4. The molecule has 1 aliphatic carbocycles. The van der Waals surface area contributed by atoms with E-state index in [0.717, 1.165) is 37.1 Å². The predicted octanol–water partition coefficient (Wildman–Crippen LogP) is 2.49. The summed E-state index contributed by atoms with van der Waals surface area (Å²) in [5.41, 5.74) is -0.247. The Hall–Kier alpha value is -2.22. The van der Waals surface area contributed by atoms with Gasteiger partial charge in [-0.1, -0.05) is 6.07 Å². The maximum absolute atomic E-state index is 13.4. The molecule has 1 aromatic carbocycles. The fraction of sp³-hybridized carbons (Fsp3) is 0.286. The van der Waals surface area contributed by atoms with Gasteiger partial charge in [-0.15, -0.1) is 0 Å². The molecule has 0 aromatic heterocycles. The molecule has 19 heavy (non-hydrogen) atoms.